The van der Waals surface area contributed by atoms with E-state index in [9.17, 15) is 0 Å². The van der Waals surface area contributed by atoms with Crippen LogP contribution >= 0.6 is 0 Å². The number of ether oxygens (including phenoxy) is 2. The van der Waals surface area contributed by atoms with Gasteiger partial charge in [-0.05, 0) is 41.8 Å². The molecule has 0 fully saturated rings. The number of terminal acetylenes is 1. The SMILES string of the molecule is C#CCNc1ncc(CN2CCc3cc(OC)c(OC)cc3C2)c2nc(-c3ccco3)nn12. The predicted octanol–water partition coefficient (Wildman–Crippen LogP) is 3.00. The zero-order valence-electron chi connectivity index (χ0n) is 18.5. The maximum absolute atomic E-state index is 5.50. The second-order valence-electron chi connectivity index (χ2n) is 7.75. The Morgan fingerprint density at radius 1 is 1.21 bits per heavy atom. The Balaban J connectivity index is 1.46. The average molecular weight is 444 g/mol. The van der Waals surface area contributed by atoms with Crippen LogP contribution in [0.1, 0.15) is 16.7 Å². The van der Waals surface area contributed by atoms with E-state index < -0.39 is 0 Å². The lowest BCUT2D eigenvalue weighted by Gasteiger charge is -2.29. The zero-order chi connectivity index (χ0) is 22.8. The molecule has 0 aliphatic carbocycles. The normalized spacial score (nSPS) is 13.5. The van der Waals surface area contributed by atoms with Crippen LogP contribution in [0, 0.1) is 12.3 Å². The summed E-state index contributed by atoms with van der Waals surface area (Å²) in [6.45, 7) is 2.71. The minimum Gasteiger partial charge on any atom is -0.493 e. The summed E-state index contributed by atoms with van der Waals surface area (Å²) in [5, 5.41) is 7.72. The van der Waals surface area contributed by atoms with E-state index in [2.05, 4.69) is 38.4 Å². The molecule has 4 aromatic rings. The summed E-state index contributed by atoms with van der Waals surface area (Å²) < 4.78 is 18.1. The standard InChI is InChI=1S/C24H24N6O3/c1-4-8-25-24-26-13-18(23-27-22(28-30(23)24)19-6-5-10-33-19)15-29-9-7-16-11-20(31-2)21(32-3)12-17(16)14-29/h1,5-6,10-13H,7-9,14-15H2,2-3H3,(H,25,26). The van der Waals surface area contributed by atoms with E-state index in [4.69, 9.17) is 25.3 Å². The van der Waals surface area contributed by atoms with Crippen molar-refractivity contribution in [1.82, 2.24) is 24.5 Å². The van der Waals surface area contributed by atoms with Crippen molar-refractivity contribution < 1.29 is 13.9 Å². The lowest BCUT2D eigenvalue weighted by Crippen LogP contribution is -2.30. The third-order valence-electron chi connectivity index (χ3n) is 5.72. The fraction of sp³-hybridized carbons (Fsp3) is 0.292. The summed E-state index contributed by atoms with van der Waals surface area (Å²) in [7, 11) is 3.32. The molecule has 9 nitrogen and oxygen atoms in total. The lowest BCUT2D eigenvalue weighted by molar-refractivity contribution is 0.244. The summed E-state index contributed by atoms with van der Waals surface area (Å²) in [6, 6.07) is 7.78. The molecule has 0 saturated carbocycles. The Kier molecular flexibility index (Phi) is 5.59. The van der Waals surface area contributed by atoms with Gasteiger partial charge in [0.2, 0.25) is 11.8 Å². The first-order chi connectivity index (χ1) is 16.2. The van der Waals surface area contributed by atoms with Crippen LogP contribution in [0.5, 0.6) is 11.5 Å². The van der Waals surface area contributed by atoms with E-state index in [0.29, 0.717) is 36.3 Å². The van der Waals surface area contributed by atoms with Crippen LogP contribution in [0.3, 0.4) is 0 Å². The first kappa shape index (κ1) is 20.8. The number of anilines is 1. The largest absolute Gasteiger partial charge is 0.493 e. The van der Waals surface area contributed by atoms with Gasteiger partial charge < -0.3 is 19.2 Å². The van der Waals surface area contributed by atoms with Gasteiger partial charge in [0.1, 0.15) is 0 Å². The van der Waals surface area contributed by atoms with Gasteiger partial charge in [0.25, 0.3) is 0 Å². The van der Waals surface area contributed by atoms with Crippen molar-refractivity contribution in [2.24, 2.45) is 0 Å². The molecule has 0 bridgehead atoms. The molecule has 0 atom stereocenters. The molecule has 0 unspecified atom stereocenters. The average Bonchev–Trinajstić information content (AvgIpc) is 3.53. The van der Waals surface area contributed by atoms with Gasteiger partial charge in [0.15, 0.2) is 22.9 Å². The van der Waals surface area contributed by atoms with E-state index >= 15 is 0 Å². The molecule has 0 amide bonds. The van der Waals surface area contributed by atoms with Gasteiger partial charge in [-0.25, -0.2) is 9.97 Å². The Labute approximate surface area is 191 Å². The van der Waals surface area contributed by atoms with E-state index in [1.54, 1.807) is 25.0 Å². The highest BCUT2D eigenvalue weighted by Crippen LogP contribution is 2.33. The van der Waals surface area contributed by atoms with Gasteiger partial charge in [-0.2, -0.15) is 4.52 Å². The van der Waals surface area contributed by atoms with Gasteiger partial charge in [0, 0.05) is 31.4 Å². The van der Waals surface area contributed by atoms with E-state index in [1.165, 1.54) is 11.1 Å². The Bertz CT molecular complexity index is 1320. The van der Waals surface area contributed by atoms with Crippen molar-refractivity contribution in [3.8, 4) is 35.4 Å². The summed E-state index contributed by atoms with van der Waals surface area (Å²) in [6.07, 6.45) is 9.77. The maximum Gasteiger partial charge on any atom is 0.226 e. The van der Waals surface area contributed by atoms with E-state index in [1.807, 2.05) is 18.3 Å². The molecule has 1 aromatic carbocycles. The maximum atomic E-state index is 5.50. The second-order valence-corrected chi connectivity index (χ2v) is 7.75. The highest BCUT2D eigenvalue weighted by molar-refractivity contribution is 5.58. The van der Waals surface area contributed by atoms with Crippen molar-refractivity contribution in [3.63, 3.8) is 0 Å². The molecule has 168 valence electrons. The third kappa shape index (κ3) is 3.97. The number of nitrogens with one attached hydrogen (secondary N) is 1. The number of rotatable bonds is 7. The quantitative estimate of drug-likeness (QED) is 0.435. The van der Waals surface area contributed by atoms with Gasteiger partial charge in [-0.15, -0.1) is 11.5 Å². The zero-order valence-corrected chi connectivity index (χ0v) is 18.5. The number of fused-ring (bicyclic) bond motifs is 2. The molecule has 9 heteroatoms. The van der Waals surface area contributed by atoms with Crippen molar-refractivity contribution in [1.29, 1.82) is 0 Å². The fourth-order valence-corrected chi connectivity index (χ4v) is 4.11. The van der Waals surface area contributed by atoms with Crippen molar-refractivity contribution in [3.05, 3.63) is 53.4 Å². The van der Waals surface area contributed by atoms with Crippen LogP contribution in [-0.2, 0) is 19.5 Å². The number of hydrogen-bond donors (Lipinski definition) is 1. The van der Waals surface area contributed by atoms with Crippen LogP contribution < -0.4 is 14.8 Å². The van der Waals surface area contributed by atoms with Crippen LogP contribution in [-0.4, -0.2) is 51.8 Å². The number of furan rings is 1. The topological polar surface area (TPSA) is 90.0 Å². The first-order valence-electron chi connectivity index (χ1n) is 10.6. The van der Waals surface area contributed by atoms with Crippen molar-refractivity contribution in [2.45, 2.75) is 19.5 Å². The molecule has 33 heavy (non-hydrogen) atoms. The number of aromatic nitrogens is 4. The summed E-state index contributed by atoms with van der Waals surface area (Å²) in [5.74, 6) is 5.71. The number of hydrogen-bond acceptors (Lipinski definition) is 8. The van der Waals surface area contributed by atoms with Crippen LogP contribution in [0.2, 0.25) is 0 Å². The second kappa shape index (κ2) is 8.84. The number of methoxy groups -OCH3 is 2. The molecule has 3 aromatic heterocycles. The molecule has 0 radical (unpaired) electrons. The van der Waals surface area contributed by atoms with Crippen LogP contribution in [0.15, 0.2) is 41.1 Å². The van der Waals surface area contributed by atoms with E-state index in [-0.39, 0.29) is 0 Å². The third-order valence-corrected chi connectivity index (χ3v) is 5.72. The molecule has 1 aliphatic heterocycles. The molecule has 1 N–H and O–H groups in total. The predicted molar refractivity (Wildman–Crippen MR) is 123 cm³/mol. The van der Waals surface area contributed by atoms with Gasteiger partial charge in [0.05, 0.1) is 27.0 Å². The molecular weight excluding hydrogens is 420 g/mol. The van der Waals surface area contributed by atoms with Crippen molar-refractivity contribution >= 4 is 11.6 Å². The lowest BCUT2D eigenvalue weighted by atomic mass is 9.98. The summed E-state index contributed by atoms with van der Waals surface area (Å²) in [4.78, 5) is 11.7. The van der Waals surface area contributed by atoms with Crippen molar-refractivity contribution in [2.75, 3.05) is 32.6 Å². The molecule has 4 heterocycles. The Morgan fingerprint density at radius 2 is 2.03 bits per heavy atom. The van der Waals surface area contributed by atoms with Gasteiger partial charge in [-0.1, -0.05) is 5.92 Å². The highest BCUT2D eigenvalue weighted by atomic mass is 16.5. The van der Waals surface area contributed by atoms with Gasteiger partial charge in [-0.3, -0.25) is 4.90 Å². The fourth-order valence-electron chi connectivity index (χ4n) is 4.11. The van der Waals surface area contributed by atoms with Crippen LogP contribution in [0.25, 0.3) is 17.2 Å². The van der Waals surface area contributed by atoms with Gasteiger partial charge >= 0.3 is 0 Å². The minimum atomic E-state index is 0.339. The first-order valence-corrected chi connectivity index (χ1v) is 10.6. The molecule has 1 aliphatic rings. The smallest absolute Gasteiger partial charge is 0.226 e. The molecule has 5 rings (SSSR count). The van der Waals surface area contributed by atoms with Crippen LogP contribution in [0.4, 0.5) is 5.95 Å². The summed E-state index contributed by atoms with van der Waals surface area (Å²) in [5.41, 5.74) is 4.20. The summed E-state index contributed by atoms with van der Waals surface area (Å²) >= 11 is 0. The Hall–Kier alpha value is -4.03. The molecule has 0 spiro atoms. The molecular formula is C24H24N6O3. The highest BCUT2D eigenvalue weighted by Gasteiger charge is 2.22. The molecule has 0 saturated heterocycles. The minimum absolute atomic E-state index is 0.339. The Morgan fingerprint density at radius 3 is 2.76 bits per heavy atom. The number of nitrogens with zero attached hydrogens (tertiary/aromatic N) is 5. The van der Waals surface area contributed by atoms with E-state index in [0.717, 1.165) is 36.6 Å². The number of benzene rings is 1. The monoisotopic (exact) mass is 444 g/mol.